The van der Waals surface area contributed by atoms with E-state index in [1.807, 2.05) is 35.9 Å². The topological polar surface area (TPSA) is 46.9 Å². The Labute approximate surface area is 119 Å². The number of imidazole rings is 1. The predicted octanol–water partition coefficient (Wildman–Crippen LogP) is 2.07. The summed E-state index contributed by atoms with van der Waals surface area (Å²) in [7, 11) is 1.99. The molecule has 2 heterocycles. The standard InChI is InChI=1S/C16H21N3O/c1-16(7-9-17-10-8-16)14(20)11-15-18-12-5-3-4-6-13(12)19(15)2/h3-6,17H,7-11H2,1-2H3. The number of piperidine rings is 1. The van der Waals surface area contributed by atoms with Crippen LogP contribution in [0.5, 0.6) is 0 Å². The summed E-state index contributed by atoms with van der Waals surface area (Å²) in [5.41, 5.74) is 1.86. The molecule has 4 heteroatoms. The molecule has 0 aliphatic carbocycles. The molecule has 106 valence electrons. The van der Waals surface area contributed by atoms with Gasteiger partial charge in [0.15, 0.2) is 0 Å². The third kappa shape index (κ3) is 2.24. The van der Waals surface area contributed by atoms with E-state index in [-0.39, 0.29) is 5.41 Å². The van der Waals surface area contributed by atoms with Crippen molar-refractivity contribution in [2.24, 2.45) is 12.5 Å². The number of nitrogens with zero attached hydrogens (tertiary/aromatic N) is 2. The second kappa shape index (κ2) is 5.02. The molecule has 1 N–H and O–H groups in total. The molecule has 1 aromatic carbocycles. The first-order chi connectivity index (χ1) is 9.60. The van der Waals surface area contributed by atoms with Crippen LogP contribution in [0.25, 0.3) is 11.0 Å². The highest BCUT2D eigenvalue weighted by Crippen LogP contribution is 2.30. The molecular weight excluding hydrogens is 250 g/mol. The molecule has 1 aliphatic rings. The van der Waals surface area contributed by atoms with Crippen LogP contribution in [0.15, 0.2) is 24.3 Å². The normalized spacial score (nSPS) is 18.3. The van der Waals surface area contributed by atoms with Crippen LogP contribution in [-0.2, 0) is 18.3 Å². The lowest BCUT2D eigenvalue weighted by molar-refractivity contribution is -0.128. The third-order valence-electron chi connectivity index (χ3n) is 4.58. The maximum atomic E-state index is 12.6. The fourth-order valence-corrected chi connectivity index (χ4v) is 2.97. The van der Waals surface area contributed by atoms with E-state index >= 15 is 0 Å². The molecule has 0 unspecified atom stereocenters. The minimum absolute atomic E-state index is 0.191. The van der Waals surface area contributed by atoms with E-state index in [9.17, 15) is 4.79 Å². The smallest absolute Gasteiger partial charge is 0.146 e. The largest absolute Gasteiger partial charge is 0.331 e. The highest BCUT2D eigenvalue weighted by atomic mass is 16.1. The van der Waals surface area contributed by atoms with Gasteiger partial charge in [-0.25, -0.2) is 4.98 Å². The molecule has 0 saturated carbocycles. The fourth-order valence-electron chi connectivity index (χ4n) is 2.97. The van der Waals surface area contributed by atoms with Gasteiger partial charge in [-0.1, -0.05) is 19.1 Å². The Hall–Kier alpha value is -1.68. The number of aryl methyl sites for hydroxylation is 1. The highest BCUT2D eigenvalue weighted by molar-refractivity contribution is 5.87. The van der Waals surface area contributed by atoms with Crippen LogP contribution in [0.3, 0.4) is 0 Å². The van der Waals surface area contributed by atoms with Crippen molar-refractivity contribution in [2.45, 2.75) is 26.2 Å². The molecule has 0 bridgehead atoms. The molecule has 0 atom stereocenters. The first-order valence-electron chi connectivity index (χ1n) is 7.24. The quantitative estimate of drug-likeness (QED) is 0.929. The number of Topliss-reactive ketones (excluding diaryl/α,β-unsaturated/α-hetero) is 1. The van der Waals surface area contributed by atoms with Gasteiger partial charge >= 0.3 is 0 Å². The number of para-hydroxylation sites is 2. The van der Waals surface area contributed by atoms with E-state index in [4.69, 9.17) is 0 Å². The molecule has 0 spiro atoms. The number of hydrogen-bond acceptors (Lipinski definition) is 3. The van der Waals surface area contributed by atoms with Gasteiger partial charge in [0.25, 0.3) is 0 Å². The highest BCUT2D eigenvalue weighted by Gasteiger charge is 2.34. The molecular formula is C16H21N3O. The average molecular weight is 271 g/mol. The summed E-state index contributed by atoms with van der Waals surface area (Å²) < 4.78 is 2.04. The Morgan fingerprint density at radius 3 is 2.75 bits per heavy atom. The summed E-state index contributed by atoms with van der Waals surface area (Å²) in [6.45, 7) is 3.97. The Morgan fingerprint density at radius 2 is 2.05 bits per heavy atom. The lowest BCUT2D eigenvalue weighted by atomic mass is 9.76. The van der Waals surface area contributed by atoms with Crippen LogP contribution < -0.4 is 5.32 Å². The number of carbonyl (C=O) groups is 1. The summed E-state index contributed by atoms with van der Waals surface area (Å²) in [6.07, 6.45) is 2.28. The average Bonchev–Trinajstić information content (AvgIpc) is 2.77. The van der Waals surface area contributed by atoms with Gasteiger partial charge < -0.3 is 9.88 Å². The van der Waals surface area contributed by atoms with Crippen LogP contribution >= 0.6 is 0 Å². The Bertz CT molecular complexity index is 638. The van der Waals surface area contributed by atoms with Gasteiger partial charge in [0, 0.05) is 12.5 Å². The van der Waals surface area contributed by atoms with Gasteiger partial charge in [0.2, 0.25) is 0 Å². The van der Waals surface area contributed by atoms with Crippen molar-refractivity contribution < 1.29 is 4.79 Å². The van der Waals surface area contributed by atoms with Crippen LogP contribution in [-0.4, -0.2) is 28.4 Å². The van der Waals surface area contributed by atoms with Crippen molar-refractivity contribution in [3.63, 3.8) is 0 Å². The number of nitrogens with one attached hydrogen (secondary N) is 1. The summed E-state index contributed by atoms with van der Waals surface area (Å²) in [6, 6.07) is 8.02. The van der Waals surface area contributed by atoms with Crippen LogP contribution in [0.2, 0.25) is 0 Å². The molecule has 0 amide bonds. The van der Waals surface area contributed by atoms with Gasteiger partial charge in [-0.2, -0.15) is 0 Å². The Balaban J connectivity index is 1.85. The van der Waals surface area contributed by atoms with E-state index in [0.29, 0.717) is 12.2 Å². The lowest BCUT2D eigenvalue weighted by Gasteiger charge is -2.32. The van der Waals surface area contributed by atoms with Crippen molar-refractivity contribution in [1.82, 2.24) is 14.9 Å². The molecule has 3 rings (SSSR count). The zero-order valence-corrected chi connectivity index (χ0v) is 12.1. The maximum absolute atomic E-state index is 12.6. The molecule has 1 fully saturated rings. The predicted molar refractivity (Wildman–Crippen MR) is 79.6 cm³/mol. The van der Waals surface area contributed by atoms with Gasteiger partial charge in [-0.3, -0.25) is 4.79 Å². The van der Waals surface area contributed by atoms with E-state index in [0.717, 1.165) is 42.8 Å². The molecule has 2 aromatic rings. The fraction of sp³-hybridized carbons (Fsp3) is 0.500. The van der Waals surface area contributed by atoms with Crippen LogP contribution in [0.1, 0.15) is 25.6 Å². The zero-order chi connectivity index (χ0) is 14.2. The first-order valence-corrected chi connectivity index (χ1v) is 7.24. The number of ketones is 1. The summed E-state index contributed by atoms with van der Waals surface area (Å²) in [4.78, 5) is 17.2. The molecule has 0 radical (unpaired) electrons. The SMILES string of the molecule is Cn1c(CC(=O)C2(C)CCNCC2)nc2ccccc21. The third-order valence-corrected chi connectivity index (χ3v) is 4.58. The number of carbonyl (C=O) groups excluding carboxylic acids is 1. The second-order valence-electron chi connectivity index (χ2n) is 5.99. The molecule has 1 aromatic heterocycles. The second-order valence-corrected chi connectivity index (χ2v) is 5.99. The van der Waals surface area contributed by atoms with E-state index < -0.39 is 0 Å². The minimum atomic E-state index is -0.191. The van der Waals surface area contributed by atoms with Gasteiger partial charge in [-0.05, 0) is 38.1 Å². The lowest BCUT2D eigenvalue weighted by Crippen LogP contribution is -2.41. The number of benzene rings is 1. The van der Waals surface area contributed by atoms with E-state index in [1.165, 1.54) is 0 Å². The number of aromatic nitrogens is 2. The van der Waals surface area contributed by atoms with E-state index in [1.54, 1.807) is 0 Å². The van der Waals surface area contributed by atoms with E-state index in [2.05, 4.69) is 17.2 Å². The van der Waals surface area contributed by atoms with Gasteiger partial charge in [0.05, 0.1) is 17.5 Å². The molecule has 1 saturated heterocycles. The van der Waals surface area contributed by atoms with Crippen LogP contribution in [0.4, 0.5) is 0 Å². The minimum Gasteiger partial charge on any atom is -0.331 e. The van der Waals surface area contributed by atoms with Crippen LogP contribution in [0, 0.1) is 5.41 Å². The monoisotopic (exact) mass is 271 g/mol. The summed E-state index contributed by atoms with van der Waals surface area (Å²) in [5, 5.41) is 3.32. The number of hydrogen-bond donors (Lipinski definition) is 1. The molecule has 1 aliphatic heterocycles. The van der Waals surface area contributed by atoms with Crippen molar-refractivity contribution in [2.75, 3.05) is 13.1 Å². The van der Waals surface area contributed by atoms with Crippen molar-refractivity contribution >= 4 is 16.8 Å². The maximum Gasteiger partial charge on any atom is 0.146 e. The summed E-state index contributed by atoms with van der Waals surface area (Å²) >= 11 is 0. The summed E-state index contributed by atoms with van der Waals surface area (Å²) in [5.74, 6) is 1.19. The Morgan fingerprint density at radius 1 is 1.35 bits per heavy atom. The molecule has 4 nitrogen and oxygen atoms in total. The van der Waals surface area contributed by atoms with Crippen molar-refractivity contribution in [1.29, 1.82) is 0 Å². The van der Waals surface area contributed by atoms with Gasteiger partial charge in [0.1, 0.15) is 11.6 Å². The zero-order valence-electron chi connectivity index (χ0n) is 12.1. The van der Waals surface area contributed by atoms with Gasteiger partial charge in [-0.15, -0.1) is 0 Å². The van der Waals surface area contributed by atoms with Crippen molar-refractivity contribution in [3.05, 3.63) is 30.1 Å². The number of fused-ring (bicyclic) bond motifs is 1. The van der Waals surface area contributed by atoms with Crippen molar-refractivity contribution in [3.8, 4) is 0 Å². The molecule has 20 heavy (non-hydrogen) atoms. The number of rotatable bonds is 3. The Kier molecular flexibility index (Phi) is 3.34. The first kappa shape index (κ1) is 13.3.